The lowest BCUT2D eigenvalue weighted by Gasteiger charge is -2.09. The zero-order valence-corrected chi connectivity index (χ0v) is 15.0. The summed E-state index contributed by atoms with van der Waals surface area (Å²) in [5.74, 6) is 0.180. The van der Waals surface area contributed by atoms with Crippen molar-refractivity contribution in [2.45, 2.75) is 10.3 Å². The van der Waals surface area contributed by atoms with Gasteiger partial charge in [-0.2, -0.15) is 0 Å². The molecular formula is C18H11FN6O2S. The highest BCUT2D eigenvalue weighted by atomic mass is 32.2. The zero-order valence-electron chi connectivity index (χ0n) is 14.1. The van der Waals surface area contributed by atoms with Crippen LogP contribution in [0.1, 0.15) is 0 Å². The Balaban J connectivity index is 1.77. The van der Waals surface area contributed by atoms with E-state index < -0.39 is 4.92 Å². The second-order valence-corrected chi connectivity index (χ2v) is 6.50. The van der Waals surface area contributed by atoms with Gasteiger partial charge in [0, 0.05) is 11.3 Å². The van der Waals surface area contributed by atoms with Crippen molar-refractivity contribution in [3.05, 3.63) is 82.9 Å². The lowest BCUT2D eigenvalue weighted by molar-refractivity contribution is -0.385. The molecule has 0 saturated heterocycles. The van der Waals surface area contributed by atoms with Gasteiger partial charge in [0.05, 0.1) is 4.92 Å². The molecule has 0 aliphatic rings. The summed E-state index contributed by atoms with van der Waals surface area (Å²) in [4.78, 5) is 18.2. The van der Waals surface area contributed by atoms with E-state index in [-0.39, 0.29) is 11.5 Å². The molecule has 4 rings (SSSR count). The Morgan fingerprint density at radius 2 is 1.64 bits per heavy atom. The minimum absolute atomic E-state index is 0.194. The number of nitro groups is 1. The van der Waals surface area contributed by atoms with Gasteiger partial charge in [0.2, 0.25) is 5.16 Å². The summed E-state index contributed by atoms with van der Waals surface area (Å²) in [5, 5.41) is 20.0. The van der Waals surface area contributed by atoms with E-state index in [1.807, 2.05) is 30.3 Å². The van der Waals surface area contributed by atoms with Crippen LogP contribution in [0.15, 0.2) is 77.3 Å². The van der Waals surface area contributed by atoms with E-state index in [1.54, 1.807) is 16.7 Å². The number of halogens is 1. The molecule has 10 heteroatoms. The molecule has 0 radical (unpaired) electrons. The van der Waals surface area contributed by atoms with Gasteiger partial charge < -0.3 is 0 Å². The number of rotatable bonds is 5. The van der Waals surface area contributed by atoms with Crippen LogP contribution in [0, 0.1) is 15.9 Å². The van der Waals surface area contributed by atoms with E-state index in [1.165, 1.54) is 12.1 Å². The average Bonchev–Trinajstić information content (AvgIpc) is 3.13. The number of para-hydroxylation sites is 1. The summed E-state index contributed by atoms with van der Waals surface area (Å²) >= 11 is 1.12. The van der Waals surface area contributed by atoms with E-state index in [0.29, 0.717) is 21.7 Å². The van der Waals surface area contributed by atoms with Crippen molar-refractivity contribution in [3.8, 4) is 17.1 Å². The van der Waals surface area contributed by atoms with Gasteiger partial charge in [-0.15, -0.1) is 10.2 Å². The van der Waals surface area contributed by atoms with Gasteiger partial charge in [0.15, 0.2) is 11.0 Å². The molecule has 2 aromatic heterocycles. The van der Waals surface area contributed by atoms with E-state index in [4.69, 9.17) is 0 Å². The van der Waals surface area contributed by atoms with Gasteiger partial charge in [-0.05, 0) is 48.2 Å². The van der Waals surface area contributed by atoms with E-state index in [0.717, 1.165) is 29.8 Å². The van der Waals surface area contributed by atoms with Crippen molar-refractivity contribution in [1.82, 2.24) is 24.7 Å². The van der Waals surface area contributed by atoms with E-state index in [9.17, 15) is 14.5 Å². The second kappa shape index (κ2) is 7.53. The minimum atomic E-state index is -0.562. The van der Waals surface area contributed by atoms with Crippen molar-refractivity contribution in [2.75, 3.05) is 0 Å². The Morgan fingerprint density at radius 1 is 0.964 bits per heavy atom. The number of benzene rings is 2. The lowest BCUT2D eigenvalue weighted by atomic mass is 10.2. The normalized spacial score (nSPS) is 10.8. The Bertz CT molecular complexity index is 1120. The van der Waals surface area contributed by atoms with E-state index >= 15 is 0 Å². The summed E-state index contributed by atoms with van der Waals surface area (Å²) in [5.41, 5.74) is 1.30. The standard InChI is InChI=1S/C18H11FN6O2S/c19-13-8-6-12(7-9-13)16-22-23-18(24(16)14-4-2-1-3-5-14)28-17-20-10-15(11-21-17)25(26)27/h1-11H. The van der Waals surface area contributed by atoms with Crippen LogP contribution in [0.2, 0.25) is 0 Å². The molecule has 8 nitrogen and oxygen atoms in total. The number of aromatic nitrogens is 5. The highest BCUT2D eigenvalue weighted by Crippen LogP contribution is 2.30. The summed E-state index contributed by atoms with van der Waals surface area (Å²) in [6.07, 6.45) is 2.28. The molecule has 0 aliphatic carbocycles. The van der Waals surface area contributed by atoms with E-state index in [2.05, 4.69) is 20.2 Å². The Labute approximate surface area is 162 Å². The van der Waals surface area contributed by atoms with Crippen molar-refractivity contribution in [2.24, 2.45) is 0 Å². The van der Waals surface area contributed by atoms with Crippen molar-refractivity contribution in [3.63, 3.8) is 0 Å². The first-order valence-electron chi connectivity index (χ1n) is 8.03. The SMILES string of the molecule is O=[N+]([O-])c1cnc(Sc2nnc(-c3ccc(F)cc3)n2-c2ccccc2)nc1. The summed E-state index contributed by atoms with van der Waals surface area (Å²) in [6.45, 7) is 0. The van der Waals surface area contributed by atoms with Gasteiger partial charge in [0.1, 0.15) is 18.2 Å². The highest BCUT2D eigenvalue weighted by Gasteiger charge is 2.18. The first kappa shape index (κ1) is 17.7. The largest absolute Gasteiger partial charge is 0.305 e. The Morgan fingerprint density at radius 3 is 2.29 bits per heavy atom. The van der Waals surface area contributed by atoms with Crippen LogP contribution in [0.4, 0.5) is 10.1 Å². The van der Waals surface area contributed by atoms with Crippen LogP contribution in [0.3, 0.4) is 0 Å². The Kier molecular flexibility index (Phi) is 4.77. The monoisotopic (exact) mass is 394 g/mol. The second-order valence-electron chi connectivity index (χ2n) is 5.57. The van der Waals surface area contributed by atoms with Gasteiger partial charge in [-0.3, -0.25) is 14.7 Å². The fraction of sp³-hybridized carbons (Fsp3) is 0. The topological polar surface area (TPSA) is 99.6 Å². The Hall–Kier alpha value is -3.66. The predicted octanol–water partition coefficient (Wildman–Crippen LogP) is 3.92. The molecule has 0 aliphatic heterocycles. The van der Waals surface area contributed by atoms with Crippen LogP contribution in [-0.2, 0) is 0 Å². The smallest absolute Gasteiger partial charge is 0.270 e. The molecule has 0 atom stereocenters. The molecule has 0 amide bonds. The third-order valence-corrected chi connectivity index (χ3v) is 4.60. The van der Waals surface area contributed by atoms with Crippen LogP contribution in [0.5, 0.6) is 0 Å². The first-order valence-corrected chi connectivity index (χ1v) is 8.84. The molecule has 0 saturated carbocycles. The summed E-state index contributed by atoms with van der Waals surface area (Å²) in [7, 11) is 0. The fourth-order valence-corrected chi connectivity index (χ4v) is 3.21. The van der Waals surface area contributed by atoms with Gasteiger partial charge >= 0.3 is 5.69 Å². The first-order chi connectivity index (χ1) is 13.6. The van der Waals surface area contributed by atoms with Crippen LogP contribution >= 0.6 is 11.8 Å². The van der Waals surface area contributed by atoms with Crippen molar-refractivity contribution >= 4 is 17.4 Å². The molecule has 28 heavy (non-hydrogen) atoms. The van der Waals surface area contributed by atoms with Gasteiger partial charge in [0.25, 0.3) is 0 Å². The molecule has 2 aromatic carbocycles. The number of hydrogen-bond donors (Lipinski definition) is 0. The fourth-order valence-electron chi connectivity index (χ4n) is 2.47. The van der Waals surface area contributed by atoms with Crippen LogP contribution < -0.4 is 0 Å². The molecule has 2 heterocycles. The zero-order chi connectivity index (χ0) is 19.5. The molecule has 0 bridgehead atoms. The van der Waals surface area contributed by atoms with Crippen LogP contribution in [-0.4, -0.2) is 29.7 Å². The average molecular weight is 394 g/mol. The lowest BCUT2D eigenvalue weighted by Crippen LogP contribution is -2.00. The predicted molar refractivity (Wildman–Crippen MR) is 99.6 cm³/mol. The molecule has 0 fully saturated rings. The quantitative estimate of drug-likeness (QED) is 0.287. The minimum Gasteiger partial charge on any atom is -0.270 e. The molecular weight excluding hydrogens is 383 g/mol. The van der Waals surface area contributed by atoms with Crippen molar-refractivity contribution in [1.29, 1.82) is 0 Å². The third-order valence-electron chi connectivity index (χ3n) is 3.76. The molecule has 0 spiro atoms. The highest BCUT2D eigenvalue weighted by molar-refractivity contribution is 7.99. The molecule has 138 valence electrons. The van der Waals surface area contributed by atoms with Gasteiger partial charge in [-0.25, -0.2) is 14.4 Å². The molecule has 0 unspecified atom stereocenters. The molecule has 4 aromatic rings. The number of nitrogens with zero attached hydrogens (tertiary/aromatic N) is 6. The summed E-state index contributed by atoms with van der Waals surface area (Å²) in [6, 6.07) is 15.4. The van der Waals surface area contributed by atoms with Gasteiger partial charge in [-0.1, -0.05) is 18.2 Å². The molecule has 0 N–H and O–H groups in total. The van der Waals surface area contributed by atoms with Crippen molar-refractivity contribution < 1.29 is 9.31 Å². The third kappa shape index (κ3) is 3.58. The van der Waals surface area contributed by atoms with Crippen LogP contribution in [0.25, 0.3) is 17.1 Å². The maximum atomic E-state index is 13.3. The number of hydrogen-bond acceptors (Lipinski definition) is 7. The summed E-state index contributed by atoms with van der Waals surface area (Å²) < 4.78 is 15.1. The maximum absolute atomic E-state index is 13.3. The maximum Gasteiger partial charge on any atom is 0.305 e.